The first kappa shape index (κ1) is 11.5. The molecule has 1 aromatic rings. The summed E-state index contributed by atoms with van der Waals surface area (Å²) in [5.41, 5.74) is 8.78. The maximum absolute atomic E-state index is 12.4. The number of fused-ring (bicyclic) bond motifs is 1. The SMILES string of the molecule is CC1CCC(C(=O)N2CCc3c(N)cccc32)O1. The maximum Gasteiger partial charge on any atom is 0.256 e. The number of nitrogens with two attached hydrogens (primary N) is 1. The van der Waals surface area contributed by atoms with Crippen LogP contribution in [-0.2, 0) is 16.0 Å². The van der Waals surface area contributed by atoms with Gasteiger partial charge in [0.2, 0.25) is 0 Å². The highest BCUT2D eigenvalue weighted by Crippen LogP contribution is 2.34. The fourth-order valence-electron chi connectivity index (χ4n) is 2.85. The Kier molecular flexibility index (Phi) is 2.74. The molecule has 0 aromatic heterocycles. The molecule has 2 atom stereocenters. The van der Waals surface area contributed by atoms with Crippen LogP contribution in [0.3, 0.4) is 0 Å². The lowest BCUT2D eigenvalue weighted by Gasteiger charge is -2.21. The second-order valence-corrected chi connectivity index (χ2v) is 5.10. The lowest BCUT2D eigenvalue weighted by atomic mass is 10.1. The Labute approximate surface area is 107 Å². The van der Waals surface area contributed by atoms with Gasteiger partial charge in [0, 0.05) is 23.5 Å². The van der Waals surface area contributed by atoms with Gasteiger partial charge in [0.25, 0.3) is 5.91 Å². The first-order valence-electron chi connectivity index (χ1n) is 6.51. The summed E-state index contributed by atoms with van der Waals surface area (Å²) < 4.78 is 5.66. The highest BCUT2D eigenvalue weighted by atomic mass is 16.5. The summed E-state index contributed by atoms with van der Waals surface area (Å²) in [5.74, 6) is 0.0868. The highest BCUT2D eigenvalue weighted by molar-refractivity contribution is 5.99. The number of anilines is 2. The molecule has 0 aliphatic carbocycles. The Morgan fingerprint density at radius 3 is 3.00 bits per heavy atom. The van der Waals surface area contributed by atoms with Crippen molar-refractivity contribution in [2.45, 2.75) is 38.4 Å². The first-order valence-corrected chi connectivity index (χ1v) is 6.51. The molecule has 4 heteroatoms. The van der Waals surface area contributed by atoms with E-state index in [1.54, 1.807) is 0 Å². The molecule has 0 saturated carbocycles. The molecule has 2 aliphatic rings. The van der Waals surface area contributed by atoms with Gasteiger partial charge in [0.15, 0.2) is 0 Å². The minimum Gasteiger partial charge on any atom is -0.398 e. The smallest absolute Gasteiger partial charge is 0.256 e. The predicted octanol–water partition coefficient (Wildman–Crippen LogP) is 1.73. The zero-order chi connectivity index (χ0) is 12.7. The van der Waals surface area contributed by atoms with E-state index in [0.29, 0.717) is 0 Å². The number of nitrogen functional groups attached to an aromatic ring is 1. The van der Waals surface area contributed by atoms with Crippen LogP contribution >= 0.6 is 0 Å². The average molecular weight is 246 g/mol. The molecule has 2 N–H and O–H groups in total. The summed E-state index contributed by atoms with van der Waals surface area (Å²) in [4.78, 5) is 14.3. The number of benzene rings is 1. The molecule has 2 unspecified atom stereocenters. The second-order valence-electron chi connectivity index (χ2n) is 5.10. The fourth-order valence-corrected chi connectivity index (χ4v) is 2.85. The highest BCUT2D eigenvalue weighted by Gasteiger charge is 2.35. The topological polar surface area (TPSA) is 55.6 Å². The predicted molar refractivity (Wildman–Crippen MR) is 70.5 cm³/mol. The largest absolute Gasteiger partial charge is 0.398 e. The Morgan fingerprint density at radius 2 is 2.28 bits per heavy atom. The third kappa shape index (κ3) is 1.77. The van der Waals surface area contributed by atoms with E-state index in [-0.39, 0.29) is 18.1 Å². The van der Waals surface area contributed by atoms with E-state index in [9.17, 15) is 4.79 Å². The van der Waals surface area contributed by atoms with Crippen LogP contribution in [0.2, 0.25) is 0 Å². The average Bonchev–Trinajstić information content (AvgIpc) is 2.95. The molecule has 4 nitrogen and oxygen atoms in total. The van der Waals surface area contributed by atoms with Gasteiger partial charge in [-0.15, -0.1) is 0 Å². The van der Waals surface area contributed by atoms with E-state index in [0.717, 1.165) is 42.7 Å². The van der Waals surface area contributed by atoms with Crippen molar-refractivity contribution in [2.24, 2.45) is 0 Å². The summed E-state index contributed by atoms with van der Waals surface area (Å²) in [6.45, 7) is 2.74. The van der Waals surface area contributed by atoms with Crippen LogP contribution in [-0.4, -0.2) is 24.7 Å². The molecule has 2 heterocycles. The molecule has 1 fully saturated rings. The molecule has 0 bridgehead atoms. The summed E-state index contributed by atoms with van der Waals surface area (Å²) in [6, 6.07) is 5.76. The van der Waals surface area contributed by atoms with Gasteiger partial charge in [-0.25, -0.2) is 0 Å². The summed E-state index contributed by atoms with van der Waals surface area (Å²) >= 11 is 0. The van der Waals surface area contributed by atoms with Crippen molar-refractivity contribution in [3.63, 3.8) is 0 Å². The molecule has 0 radical (unpaired) electrons. The number of amides is 1. The van der Waals surface area contributed by atoms with Crippen LogP contribution in [0.5, 0.6) is 0 Å². The minimum atomic E-state index is -0.271. The molecule has 18 heavy (non-hydrogen) atoms. The van der Waals surface area contributed by atoms with Gasteiger partial charge in [-0.3, -0.25) is 4.79 Å². The molecule has 3 rings (SSSR count). The molecular weight excluding hydrogens is 228 g/mol. The monoisotopic (exact) mass is 246 g/mol. The lowest BCUT2D eigenvalue weighted by Crippen LogP contribution is -2.38. The van der Waals surface area contributed by atoms with E-state index in [2.05, 4.69) is 0 Å². The van der Waals surface area contributed by atoms with Gasteiger partial charge >= 0.3 is 0 Å². The Morgan fingerprint density at radius 1 is 1.44 bits per heavy atom. The van der Waals surface area contributed by atoms with Gasteiger partial charge in [-0.1, -0.05) is 6.07 Å². The summed E-state index contributed by atoms with van der Waals surface area (Å²) in [7, 11) is 0. The van der Waals surface area contributed by atoms with Gasteiger partial charge in [0.1, 0.15) is 6.10 Å². The number of nitrogens with zero attached hydrogens (tertiary/aromatic N) is 1. The first-order chi connectivity index (χ1) is 8.66. The van der Waals surface area contributed by atoms with Crippen LogP contribution < -0.4 is 10.6 Å². The van der Waals surface area contributed by atoms with Crippen molar-refractivity contribution in [1.29, 1.82) is 0 Å². The van der Waals surface area contributed by atoms with E-state index in [1.807, 2.05) is 30.0 Å². The normalized spacial score (nSPS) is 26.4. The van der Waals surface area contributed by atoms with Crippen LogP contribution in [0, 0.1) is 0 Å². The van der Waals surface area contributed by atoms with Crippen molar-refractivity contribution >= 4 is 17.3 Å². The third-order valence-corrected chi connectivity index (χ3v) is 3.84. The lowest BCUT2D eigenvalue weighted by molar-refractivity contribution is -0.128. The van der Waals surface area contributed by atoms with Crippen LogP contribution in [0.1, 0.15) is 25.3 Å². The van der Waals surface area contributed by atoms with Crippen molar-refractivity contribution < 1.29 is 9.53 Å². The zero-order valence-corrected chi connectivity index (χ0v) is 10.6. The zero-order valence-electron chi connectivity index (χ0n) is 10.6. The van der Waals surface area contributed by atoms with Crippen LogP contribution in [0.25, 0.3) is 0 Å². The molecule has 0 spiro atoms. The maximum atomic E-state index is 12.4. The molecule has 96 valence electrons. The fraction of sp³-hybridized carbons (Fsp3) is 0.500. The second kappa shape index (κ2) is 4.28. The number of rotatable bonds is 1. The Balaban J connectivity index is 1.84. The number of carbonyl (C=O) groups is 1. The molecule has 1 aromatic carbocycles. The Bertz CT molecular complexity index is 487. The molecular formula is C14H18N2O2. The standard InChI is InChI=1S/C14H18N2O2/c1-9-5-6-13(18-9)14(17)16-8-7-10-11(15)3-2-4-12(10)16/h2-4,9,13H,5-8,15H2,1H3. The van der Waals surface area contributed by atoms with Crippen molar-refractivity contribution in [3.05, 3.63) is 23.8 Å². The summed E-state index contributed by atoms with van der Waals surface area (Å²) in [6.07, 6.45) is 2.56. The molecule has 1 saturated heterocycles. The number of hydrogen-bond acceptors (Lipinski definition) is 3. The van der Waals surface area contributed by atoms with E-state index < -0.39 is 0 Å². The van der Waals surface area contributed by atoms with Gasteiger partial charge in [-0.2, -0.15) is 0 Å². The summed E-state index contributed by atoms with van der Waals surface area (Å²) in [5, 5.41) is 0. The number of carbonyl (C=O) groups excluding carboxylic acids is 1. The van der Waals surface area contributed by atoms with E-state index >= 15 is 0 Å². The molecule has 1 amide bonds. The van der Waals surface area contributed by atoms with Crippen molar-refractivity contribution in [2.75, 3.05) is 17.2 Å². The minimum absolute atomic E-state index is 0.0868. The molecule has 2 aliphatic heterocycles. The van der Waals surface area contributed by atoms with Crippen LogP contribution in [0.4, 0.5) is 11.4 Å². The number of ether oxygens (including phenoxy) is 1. The number of hydrogen-bond donors (Lipinski definition) is 1. The van der Waals surface area contributed by atoms with Crippen molar-refractivity contribution in [1.82, 2.24) is 0 Å². The van der Waals surface area contributed by atoms with Crippen molar-refractivity contribution in [3.8, 4) is 0 Å². The van der Waals surface area contributed by atoms with Crippen LogP contribution in [0.15, 0.2) is 18.2 Å². The van der Waals surface area contributed by atoms with Gasteiger partial charge in [0.05, 0.1) is 6.10 Å². The van der Waals surface area contributed by atoms with Gasteiger partial charge in [-0.05, 0) is 38.3 Å². The third-order valence-electron chi connectivity index (χ3n) is 3.84. The Hall–Kier alpha value is -1.55. The van der Waals surface area contributed by atoms with Gasteiger partial charge < -0.3 is 15.4 Å². The van der Waals surface area contributed by atoms with E-state index in [4.69, 9.17) is 10.5 Å². The van der Waals surface area contributed by atoms with E-state index in [1.165, 1.54) is 0 Å². The quantitative estimate of drug-likeness (QED) is 0.768.